The van der Waals surface area contributed by atoms with Gasteiger partial charge in [0.15, 0.2) is 11.5 Å². The van der Waals surface area contributed by atoms with E-state index in [9.17, 15) is 5.11 Å². The minimum atomic E-state index is -0.871. The third kappa shape index (κ3) is 3.72. The van der Waals surface area contributed by atoms with E-state index in [1.807, 2.05) is 18.2 Å². The summed E-state index contributed by atoms with van der Waals surface area (Å²) in [6.07, 6.45) is 0. The van der Waals surface area contributed by atoms with Gasteiger partial charge in [0.05, 0.1) is 12.7 Å². The second-order valence-electron chi connectivity index (χ2n) is 4.29. The van der Waals surface area contributed by atoms with Crippen molar-refractivity contribution in [2.45, 2.75) is 26.0 Å². The summed E-state index contributed by atoms with van der Waals surface area (Å²) in [6, 6.07) is 5.52. The molecule has 0 bridgehead atoms. The van der Waals surface area contributed by atoms with E-state index in [1.54, 1.807) is 21.0 Å². The molecule has 1 rings (SSSR count). The summed E-state index contributed by atoms with van der Waals surface area (Å²) in [7, 11) is 1.58. The van der Waals surface area contributed by atoms with Gasteiger partial charge in [0.2, 0.25) is 0 Å². The molecule has 0 atom stereocenters. The maximum absolute atomic E-state index is 9.58. The van der Waals surface area contributed by atoms with Gasteiger partial charge in [0.25, 0.3) is 0 Å². The summed E-state index contributed by atoms with van der Waals surface area (Å²) in [4.78, 5) is 0. The Balaban J connectivity index is 2.83. The van der Waals surface area contributed by atoms with Crippen LogP contribution < -0.4 is 15.2 Å². The molecule has 0 aliphatic carbocycles. The highest BCUT2D eigenvalue weighted by Crippen LogP contribution is 2.28. The molecule has 0 aromatic heterocycles. The topological polar surface area (TPSA) is 64.7 Å². The average Bonchev–Trinajstić information content (AvgIpc) is 2.25. The molecule has 0 amide bonds. The zero-order valence-corrected chi connectivity index (χ0v) is 9.99. The van der Waals surface area contributed by atoms with Crippen LogP contribution in [0.5, 0.6) is 11.5 Å². The number of rotatable bonds is 5. The number of ether oxygens (including phenoxy) is 2. The molecule has 0 aliphatic rings. The van der Waals surface area contributed by atoms with Crippen LogP contribution in [0.3, 0.4) is 0 Å². The Hall–Kier alpha value is -1.26. The Labute approximate surface area is 96.0 Å². The summed E-state index contributed by atoms with van der Waals surface area (Å²) < 4.78 is 10.7. The summed E-state index contributed by atoms with van der Waals surface area (Å²) >= 11 is 0. The van der Waals surface area contributed by atoms with Crippen molar-refractivity contribution in [1.82, 2.24) is 0 Å². The molecular formula is C12H19NO3. The highest BCUT2D eigenvalue weighted by Gasteiger charge is 2.15. The van der Waals surface area contributed by atoms with Crippen molar-refractivity contribution in [2.75, 3.05) is 13.7 Å². The summed E-state index contributed by atoms with van der Waals surface area (Å²) in [6.45, 7) is 4.03. The van der Waals surface area contributed by atoms with Crippen molar-refractivity contribution >= 4 is 0 Å². The predicted molar refractivity (Wildman–Crippen MR) is 62.7 cm³/mol. The molecule has 16 heavy (non-hydrogen) atoms. The van der Waals surface area contributed by atoms with Gasteiger partial charge in [-0.1, -0.05) is 6.07 Å². The van der Waals surface area contributed by atoms with Gasteiger partial charge in [-0.05, 0) is 31.5 Å². The molecule has 0 radical (unpaired) electrons. The Morgan fingerprint density at radius 3 is 2.50 bits per heavy atom. The van der Waals surface area contributed by atoms with Crippen LogP contribution in [-0.2, 0) is 6.54 Å². The highest BCUT2D eigenvalue weighted by molar-refractivity contribution is 5.42. The van der Waals surface area contributed by atoms with Gasteiger partial charge in [-0.15, -0.1) is 0 Å². The van der Waals surface area contributed by atoms with Crippen molar-refractivity contribution in [3.8, 4) is 11.5 Å². The largest absolute Gasteiger partial charge is 0.493 e. The molecule has 0 aliphatic heterocycles. The first kappa shape index (κ1) is 12.8. The molecular weight excluding hydrogens is 206 g/mol. The molecule has 1 aromatic rings. The van der Waals surface area contributed by atoms with E-state index in [2.05, 4.69) is 0 Å². The molecule has 4 heteroatoms. The number of hydrogen-bond donors (Lipinski definition) is 2. The van der Waals surface area contributed by atoms with Crippen LogP contribution >= 0.6 is 0 Å². The van der Waals surface area contributed by atoms with Crippen LogP contribution in [0.25, 0.3) is 0 Å². The van der Waals surface area contributed by atoms with Crippen LogP contribution in [0.15, 0.2) is 18.2 Å². The minimum Gasteiger partial charge on any atom is -0.493 e. The quantitative estimate of drug-likeness (QED) is 0.793. The fraction of sp³-hybridized carbons (Fsp3) is 0.500. The van der Waals surface area contributed by atoms with E-state index in [0.717, 1.165) is 5.56 Å². The van der Waals surface area contributed by atoms with Gasteiger partial charge < -0.3 is 20.3 Å². The van der Waals surface area contributed by atoms with Crippen LogP contribution in [0.1, 0.15) is 19.4 Å². The molecule has 90 valence electrons. The fourth-order valence-electron chi connectivity index (χ4n) is 1.22. The lowest BCUT2D eigenvalue weighted by Crippen LogP contribution is -2.28. The maximum Gasteiger partial charge on any atom is 0.161 e. The Morgan fingerprint density at radius 1 is 1.31 bits per heavy atom. The van der Waals surface area contributed by atoms with Crippen LogP contribution in [0, 0.1) is 0 Å². The lowest BCUT2D eigenvalue weighted by atomic mass is 10.1. The summed E-state index contributed by atoms with van der Waals surface area (Å²) in [5.74, 6) is 1.24. The lowest BCUT2D eigenvalue weighted by molar-refractivity contribution is 0.0276. The second kappa shape index (κ2) is 5.18. The number of hydrogen-bond acceptors (Lipinski definition) is 4. The van der Waals surface area contributed by atoms with Gasteiger partial charge in [-0.25, -0.2) is 0 Å². The third-order valence-corrected chi connectivity index (χ3v) is 2.04. The molecule has 1 aromatic carbocycles. The lowest BCUT2D eigenvalue weighted by Gasteiger charge is -2.19. The zero-order chi connectivity index (χ0) is 12.2. The van der Waals surface area contributed by atoms with Crippen molar-refractivity contribution in [1.29, 1.82) is 0 Å². The van der Waals surface area contributed by atoms with Gasteiger partial charge in [-0.3, -0.25) is 0 Å². The van der Waals surface area contributed by atoms with E-state index >= 15 is 0 Å². The zero-order valence-electron chi connectivity index (χ0n) is 9.99. The minimum absolute atomic E-state index is 0.206. The van der Waals surface area contributed by atoms with Crippen LogP contribution in [0.4, 0.5) is 0 Å². The van der Waals surface area contributed by atoms with Gasteiger partial charge >= 0.3 is 0 Å². The normalized spacial score (nSPS) is 11.3. The second-order valence-corrected chi connectivity index (χ2v) is 4.29. The Morgan fingerprint density at radius 2 is 2.00 bits per heavy atom. The standard InChI is InChI=1S/C12H19NO3/c1-12(2,14)8-16-11-6-9(7-13)4-5-10(11)15-3/h4-6,14H,7-8,13H2,1-3H3. The first-order valence-corrected chi connectivity index (χ1v) is 5.18. The third-order valence-electron chi connectivity index (χ3n) is 2.04. The summed E-state index contributed by atoms with van der Waals surface area (Å²) in [5, 5.41) is 9.58. The Bertz CT molecular complexity index is 345. The fourth-order valence-corrected chi connectivity index (χ4v) is 1.22. The molecule has 0 saturated carbocycles. The van der Waals surface area contributed by atoms with E-state index in [-0.39, 0.29) is 6.61 Å². The van der Waals surface area contributed by atoms with Gasteiger partial charge in [0.1, 0.15) is 6.61 Å². The average molecular weight is 225 g/mol. The number of methoxy groups -OCH3 is 1. The van der Waals surface area contributed by atoms with Crippen LogP contribution in [0.2, 0.25) is 0 Å². The summed E-state index contributed by atoms with van der Waals surface area (Å²) in [5.41, 5.74) is 5.64. The Kier molecular flexibility index (Phi) is 4.15. The smallest absolute Gasteiger partial charge is 0.161 e. The van der Waals surface area contributed by atoms with Gasteiger partial charge in [0, 0.05) is 6.54 Å². The van der Waals surface area contributed by atoms with E-state index in [0.29, 0.717) is 18.0 Å². The van der Waals surface area contributed by atoms with Crippen molar-refractivity contribution in [3.63, 3.8) is 0 Å². The van der Waals surface area contributed by atoms with E-state index in [1.165, 1.54) is 0 Å². The molecule has 3 N–H and O–H groups in total. The van der Waals surface area contributed by atoms with Crippen molar-refractivity contribution in [3.05, 3.63) is 23.8 Å². The van der Waals surface area contributed by atoms with Crippen molar-refractivity contribution in [2.24, 2.45) is 5.73 Å². The predicted octanol–water partition coefficient (Wildman–Crippen LogP) is 1.30. The molecule has 0 unspecified atom stereocenters. The van der Waals surface area contributed by atoms with E-state index < -0.39 is 5.60 Å². The monoisotopic (exact) mass is 225 g/mol. The first-order valence-electron chi connectivity index (χ1n) is 5.18. The van der Waals surface area contributed by atoms with Crippen LogP contribution in [-0.4, -0.2) is 24.4 Å². The molecule has 0 saturated heterocycles. The molecule has 0 heterocycles. The molecule has 0 fully saturated rings. The highest BCUT2D eigenvalue weighted by atomic mass is 16.5. The maximum atomic E-state index is 9.58. The number of nitrogens with two attached hydrogens (primary N) is 1. The van der Waals surface area contributed by atoms with E-state index in [4.69, 9.17) is 15.2 Å². The first-order chi connectivity index (χ1) is 7.46. The number of aliphatic hydroxyl groups is 1. The van der Waals surface area contributed by atoms with Gasteiger partial charge in [-0.2, -0.15) is 0 Å². The molecule has 0 spiro atoms. The SMILES string of the molecule is COc1ccc(CN)cc1OCC(C)(C)O. The molecule has 4 nitrogen and oxygen atoms in total. The van der Waals surface area contributed by atoms with Crippen molar-refractivity contribution < 1.29 is 14.6 Å². The number of benzene rings is 1.